The normalized spacial score (nSPS) is 14.4. The SMILES string of the molecule is Cc1ccc(C(=O)NC(C)C)cc1Nc1nc(NC2CCCC2)nc(N(C)CC(C)(C)C)n1. The van der Waals surface area contributed by atoms with Gasteiger partial charge in [0.05, 0.1) is 0 Å². The standard InChI is InChI=1S/C25H39N7O/c1-16(2)26-21(33)18-13-12-17(3)20(14-18)28-23-29-22(27-19-10-8-9-11-19)30-24(31-23)32(7)15-25(4,5)6/h12-14,16,19H,8-11,15H2,1-7H3,(H,26,33)(H2,27,28,29,30,31). The molecule has 0 unspecified atom stereocenters. The molecular weight excluding hydrogens is 414 g/mol. The van der Waals surface area contributed by atoms with Gasteiger partial charge in [-0.2, -0.15) is 15.0 Å². The Morgan fingerprint density at radius 3 is 2.42 bits per heavy atom. The van der Waals surface area contributed by atoms with Crippen molar-refractivity contribution in [1.82, 2.24) is 20.3 Å². The smallest absolute Gasteiger partial charge is 0.251 e. The Morgan fingerprint density at radius 2 is 1.79 bits per heavy atom. The van der Waals surface area contributed by atoms with Crippen LogP contribution in [0.5, 0.6) is 0 Å². The fraction of sp³-hybridized carbons (Fsp3) is 0.600. The van der Waals surface area contributed by atoms with E-state index in [1.165, 1.54) is 12.8 Å². The molecule has 1 aromatic heterocycles. The number of carbonyl (C=O) groups is 1. The molecule has 0 atom stereocenters. The Morgan fingerprint density at radius 1 is 1.12 bits per heavy atom. The van der Waals surface area contributed by atoms with Gasteiger partial charge in [-0.15, -0.1) is 0 Å². The van der Waals surface area contributed by atoms with E-state index in [-0.39, 0.29) is 17.4 Å². The number of amides is 1. The first kappa shape index (κ1) is 24.7. The molecule has 8 heteroatoms. The quantitative estimate of drug-likeness (QED) is 0.523. The van der Waals surface area contributed by atoms with Crippen LogP contribution in [0.1, 0.15) is 76.2 Å². The second kappa shape index (κ2) is 10.4. The summed E-state index contributed by atoms with van der Waals surface area (Å²) in [5.41, 5.74) is 2.50. The van der Waals surface area contributed by atoms with Crippen molar-refractivity contribution in [3.8, 4) is 0 Å². The predicted octanol–water partition coefficient (Wildman–Crippen LogP) is 4.90. The molecule has 1 aliphatic rings. The second-order valence-corrected chi connectivity index (χ2v) is 10.6. The number of rotatable bonds is 8. The lowest BCUT2D eigenvalue weighted by molar-refractivity contribution is 0.0943. The van der Waals surface area contributed by atoms with Gasteiger partial charge >= 0.3 is 0 Å². The molecule has 0 bridgehead atoms. The summed E-state index contributed by atoms with van der Waals surface area (Å²) in [5.74, 6) is 1.57. The number of hydrogen-bond donors (Lipinski definition) is 3. The lowest BCUT2D eigenvalue weighted by atomic mass is 9.96. The monoisotopic (exact) mass is 453 g/mol. The van der Waals surface area contributed by atoms with Crippen LogP contribution in [0.25, 0.3) is 0 Å². The second-order valence-electron chi connectivity index (χ2n) is 10.6. The van der Waals surface area contributed by atoms with Crippen molar-refractivity contribution in [3.63, 3.8) is 0 Å². The minimum absolute atomic E-state index is 0.0730. The third-order valence-corrected chi connectivity index (χ3v) is 5.53. The Balaban J connectivity index is 1.90. The summed E-state index contributed by atoms with van der Waals surface area (Å²) in [6.45, 7) is 13.3. The number of aromatic nitrogens is 3. The first-order valence-corrected chi connectivity index (χ1v) is 11.9. The zero-order valence-electron chi connectivity index (χ0n) is 21.1. The summed E-state index contributed by atoms with van der Waals surface area (Å²) in [7, 11) is 2.01. The van der Waals surface area contributed by atoms with Gasteiger partial charge in [0.2, 0.25) is 17.8 Å². The molecule has 1 saturated carbocycles. The fourth-order valence-electron chi connectivity index (χ4n) is 4.05. The van der Waals surface area contributed by atoms with E-state index in [4.69, 9.17) is 9.97 Å². The number of nitrogens with zero attached hydrogens (tertiary/aromatic N) is 4. The van der Waals surface area contributed by atoms with E-state index in [1.807, 2.05) is 46.0 Å². The number of hydrogen-bond acceptors (Lipinski definition) is 7. The van der Waals surface area contributed by atoms with Crippen molar-refractivity contribution in [2.45, 2.75) is 79.3 Å². The summed E-state index contributed by atoms with van der Waals surface area (Å²) in [5, 5.41) is 9.77. The minimum Gasteiger partial charge on any atom is -0.351 e. The van der Waals surface area contributed by atoms with Crippen molar-refractivity contribution in [2.24, 2.45) is 5.41 Å². The summed E-state index contributed by atoms with van der Waals surface area (Å²) in [6.07, 6.45) is 4.73. The number of benzene rings is 1. The average Bonchev–Trinajstić information content (AvgIpc) is 3.20. The molecule has 0 aliphatic heterocycles. The Bertz CT molecular complexity index is 962. The molecule has 1 amide bonds. The topological polar surface area (TPSA) is 95.1 Å². The van der Waals surface area contributed by atoms with Crippen molar-refractivity contribution in [2.75, 3.05) is 29.1 Å². The van der Waals surface area contributed by atoms with E-state index in [1.54, 1.807) is 0 Å². The largest absolute Gasteiger partial charge is 0.351 e. The molecule has 3 N–H and O–H groups in total. The van der Waals surface area contributed by atoms with Gasteiger partial charge < -0.3 is 20.9 Å². The molecule has 0 radical (unpaired) electrons. The van der Waals surface area contributed by atoms with Crippen LogP contribution in [-0.2, 0) is 0 Å². The highest BCUT2D eigenvalue weighted by Gasteiger charge is 2.20. The van der Waals surface area contributed by atoms with Crippen LogP contribution in [0, 0.1) is 12.3 Å². The van der Waals surface area contributed by atoms with Crippen LogP contribution in [-0.4, -0.2) is 46.5 Å². The number of nitrogens with one attached hydrogen (secondary N) is 3. The van der Waals surface area contributed by atoms with Crippen LogP contribution in [0.3, 0.4) is 0 Å². The van der Waals surface area contributed by atoms with Crippen LogP contribution in [0.2, 0.25) is 0 Å². The molecule has 2 aromatic rings. The number of aryl methyl sites for hydroxylation is 1. The van der Waals surface area contributed by atoms with Crippen molar-refractivity contribution in [1.29, 1.82) is 0 Å². The average molecular weight is 454 g/mol. The van der Waals surface area contributed by atoms with Crippen LogP contribution in [0.4, 0.5) is 23.5 Å². The molecular formula is C25H39N7O. The van der Waals surface area contributed by atoms with E-state index >= 15 is 0 Å². The zero-order valence-corrected chi connectivity index (χ0v) is 21.1. The van der Waals surface area contributed by atoms with Crippen molar-refractivity contribution < 1.29 is 4.79 Å². The number of carbonyl (C=O) groups excluding carboxylic acids is 1. The van der Waals surface area contributed by atoms with Gasteiger partial charge in [0.25, 0.3) is 5.91 Å². The first-order chi connectivity index (χ1) is 15.5. The maximum atomic E-state index is 12.5. The predicted molar refractivity (Wildman–Crippen MR) is 135 cm³/mol. The highest BCUT2D eigenvalue weighted by Crippen LogP contribution is 2.26. The first-order valence-electron chi connectivity index (χ1n) is 11.9. The summed E-state index contributed by atoms with van der Waals surface area (Å²) in [4.78, 5) is 28.6. The summed E-state index contributed by atoms with van der Waals surface area (Å²) < 4.78 is 0. The van der Waals surface area contributed by atoms with Crippen molar-refractivity contribution in [3.05, 3.63) is 29.3 Å². The molecule has 0 saturated heterocycles. The Labute approximate surface area is 198 Å². The summed E-state index contributed by atoms with van der Waals surface area (Å²) in [6, 6.07) is 6.08. The molecule has 1 heterocycles. The molecule has 1 fully saturated rings. The van der Waals surface area contributed by atoms with Crippen LogP contribution >= 0.6 is 0 Å². The van der Waals surface area contributed by atoms with Crippen molar-refractivity contribution >= 4 is 29.4 Å². The fourth-order valence-corrected chi connectivity index (χ4v) is 4.05. The molecule has 3 rings (SSSR count). The zero-order chi connectivity index (χ0) is 24.2. The molecule has 0 spiro atoms. The van der Waals surface area contributed by atoms with Gasteiger partial charge in [0, 0.05) is 36.9 Å². The molecule has 1 aromatic carbocycles. The van der Waals surface area contributed by atoms with Crippen LogP contribution in [0.15, 0.2) is 18.2 Å². The molecule has 8 nitrogen and oxygen atoms in total. The third-order valence-electron chi connectivity index (χ3n) is 5.53. The van der Waals surface area contributed by atoms with E-state index in [0.717, 1.165) is 30.6 Å². The lowest BCUT2D eigenvalue weighted by Gasteiger charge is -2.27. The van der Waals surface area contributed by atoms with Gasteiger partial charge in [0.15, 0.2) is 0 Å². The van der Waals surface area contributed by atoms with E-state index in [2.05, 4.69) is 46.6 Å². The molecule has 180 valence electrons. The highest BCUT2D eigenvalue weighted by atomic mass is 16.1. The van der Waals surface area contributed by atoms with Gasteiger partial charge in [-0.05, 0) is 56.7 Å². The van der Waals surface area contributed by atoms with Gasteiger partial charge in [0.1, 0.15) is 0 Å². The maximum absolute atomic E-state index is 12.5. The highest BCUT2D eigenvalue weighted by molar-refractivity contribution is 5.95. The third kappa shape index (κ3) is 7.30. The maximum Gasteiger partial charge on any atom is 0.251 e. The van der Waals surface area contributed by atoms with Gasteiger partial charge in [-0.1, -0.05) is 39.7 Å². The van der Waals surface area contributed by atoms with E-state index < -0.39 is 0 Å². The van der Waals surface area contributed by atoms with Gasteiger partial charge in [-0.25, -0.2) is 0 Å². The Kier molecular flexibility index (Phi) is 7.76. The lowest BCUT2D eigenvalue weighted by Crippen LogP contribution is -2.31. The Hall–Kier alpha value is -2.90. The summed E-state index contributed by atoms with van der Waals surface area (Å²) >= 11 is 0. The molecule has 33 heavy (non-hydrogen) atoms. The number of anilines is 4. The van der Waals surface area contributed by atoms with E-state index in [9.17, 15) is 4.79 Å². The van der Waals surface area contributed by atoms with Crippen LogP contribution < -0.4 is 20.9 Å². The van der Waals surface area contributed by atoms with Gasteiger partial charge in [-0.3, -0.25) is 4.79 Å². The van der Waals surface area contributed by atoms with E-state index in [0.29, 0.717) is 29.5 Å². The molecule has 1 aliphatic carbocycles. The minimum atomic E-state index is -0.0992.